The third-order valence-corrected chi connectivity index (χ3v) is 1.14. The summed E-state index contributed by atoms with van der Waals surface area (Å²) in [4.78, 5) is 10.00. The first-order valence-corrected chi connectivity index (χ1v) is 3.04. The Morgan fingerprint density at radius 1 is 1.75 bits per heavy atom. The zero-order chi connectivity index (χ0) is 6.41. The lowest BCUT2D eigenvalue weighted by molar-refractivity contribution is -0.110. The Bertz CT molecular complexity index is 59.4. The minimum Gasteiger partial charge on any atom is -0.303 e. The van der Waals surface area contributed by atoms with Gasteiger partial charge in [0.15, 0.2) is 0 Å². The van der Waals surface area contributed by atoms with Gasteiger partial charge in [0, 0.05) is 5.92 Å². The molecule has 0 aromatic heterocycles. The highest BCUT2D eigenvalue weighted by Gasteiger charge is 1.99. The van der Waals surface area contributed by atoms with E-state index in [1.165, 1.54) is 0 Å². The van der Waals surface area contributed by atoms with E-state index in [2.05, 4.69) is 6.42 Å². The molecule has 1 heteroatoms. The van der Waals surface area contributed by atoms with E-state index in [0.29, 0.717) is 0 Å². The first-order chi connectivity index (χ1) is 3.81. The molecule has 0 N–H and O–H groups in total. The van der Waals surface area contributed by atoms with Gasteiger partial charge in [-0.3, -0.25) is 0 Å². The maximum atomic E-state index is 10.00. The number of carbonyl (C=O) groups excluding carboxylic acids is 1. The van der Waals surface area contributed by atoms with Crippen molar-refractivity contribution in [3.8, 4) is 0 Å². The number of unbranched alkanes of at least 4 members (excludes halogenated alkanes) is 1. The van der Waals surface area contributed by atoms with Crippen LogP contribution in [-0.2, 0) is 4.79 Å². The Morgan fingerprint density at radius 3 is 2.75 bits per heavy atom. The van der Waals surface area contributed by atoms with Crippen LogP contribution in [0.15, 0.2) is 0 Å². The van der Waals surface area contributed by atoms with Crippen molar-refractivity contribution in [2.75, 3.05) is 0 Å². The fourth-order valence-corrected chi connectivity index (χ4v) is 0.498. The van der Waals surface area contributed by atoms with Crippen LogP contribution in [0.2, 0.25) is 0 Å². The molecule has 0 aromatic rings. The summed E-state index contributed by atoms with van der Waals surface area (Å²) in [6.07, 6.45) is 5.14. The van der Waals surface area contributed by atoms with Gasteiger partial charge in [-0.25, -0.2) is 0 Å². The van der Waals surface area contributed by atoms with Crippen molar-refractivity contribution in [3.63, 3.8) is 0 Å². The first-order valence-electron chi connectivity index (χ1n) is 3.04. The molecule has 0 fully saturated rings. The lowest BCUT2D eigenvalue weighted by atomic mass is 10.1. The van der Waals surface area contributed by atoms with Gasteiger partial charge in [-0.15, -0.1) is 0 Å². The normalized spacial score (nSPS) is 12.8. The summed E-state index contributed by atoms with van der Waals surface area (Å²) < 4.78 is 0. The smallest absolute Gasteiger partial charge is 0.122 e. The van der Waals surface area contributed by atoms with E-state index in [4.69, 9.17) is 0 Å². The topological polar surface area (TPSA) is 17.1 Å². The second-order valence-electron chi connectivity index (χ2n) is 2.10. The quantitative estimate of drug-likeness (QED) is 0.401. The molecule has 1 nitrogen and oxygen atoms in total. The molecule has 0 heterocycles. The van der Waals surface area contributed by atoms with Crippen molar-refractivity contribution >= 4 is 6.29 Å². The molecule has 0 rings (SSSR count). The summed E-state index contributed by atoms with van der Waals surface area (Å²) in [6, 6.07) is 0. The van der Waals surface area contributed by atoms with E-state index in [0.717, 1.165) is 19.1 Å². The van der Waals surface area contributed by atoms with Crippen LogP contribution in [0.3, 0.4) is 0 Å². The third-order valence-electron chi connectivity index (χ3n) is 1.14. The highest BCUT2D eigenvalue weighted by Crippen LogP contribution is 2.02. The average molecular weight is 113 g/mol. The average Bonchev–Trinajstić information content (AvgIpc) is 1.83. The summed E-state index contributed by atoms with van der Waals surface area (Å²) in [7, 11) is 0. The first kappa shape index (κ1) is 7.54. The molecular formula is C7H13O+. The molecule has 0 aliphatic carbocycles. The standard InChI is InChI=1S/C7H13O/c1-3-4-5-7(2)6-8/h3,6-7H,4-5H2,1-2H3/q+1. The predicted molar refractivity (Wildman–Crippen MR) is 34.4 cm³/mol. The largest absolute Gasteiger partial charge is 0.303 e. The Balaban J connectivity index is 2.98. The Kier molecular flexibility index (Phi) is 4.42. The molecule has 0 radical (unpaired) electrons. The third kappa shape index (κ3) is 3.72. The SMILES string of the molecule is C[CH+]CCC(C)C=O. The Morgan fingerprint density at radius 2 is 2.38 bits per heavy atom. The molecule has 0 aliphatic rings. The molecule has 0 amide bonds. The highest BCUT2D eigenvalue weighted by atomic mass is 16.1. The summed E-state index contributed by atoms with van der Waals surface area (Å²) in [6.45, 7) is 3.95. The van der Waals surface area contributed by atoms with Gasteiger partial charge in [-0.1, -0.05) is 6.92 Å². The van der Waals surface area contributed by atoms with Crippen molar-refractivity contribution in [1.29, 1.82) is 0 Å². The maximum Gasteiger partial charge on any atom is 0.122 e. The van der Waals surface area contributed by atoms with Crippen LogP contribution in [0.1, 0.15) is 26.7 Å². The number of rotatable bonds is 4. The molecule has 1 unspecified atom stereocenters. The van der Waals surface area contributed by atoms with Gasteiger partial charge in [0.2, 0.25) is 0 Å². The van der Waals surface area contributed by atoms with Gasteiger partial charge in [0.1, 0.15) is 6.29 Å². The summed E-state index contributed by atoms with van der Waals surface area (Å²) >= 11 is 0. The van der Waals surface area contributed by atoms with Crippen LogP contribution < -0.4 is 0 Å². The minimum atomic E-state index is 0.242. The van der Waals surface area contributed by atoms with E-state index >= 15 is 0 Å². The van der Waals surface area contributed by atoms with Gasteiger partial charge in [-0.05, 0) is 6.42 Å². The fourth-order valence-electron chi connectivity index (χ4n) is 0.498. The van der Waals surface area contributed by atoms with Crippen molar-refractivity contribution in [3.05, 3.63) is 6.42 Å². The zero-order valence-corrected chi connectivity index (χ0v) is 5.55. The zero-order valence-electron chi connectivity index (χ0n) is 5.55. The molecule has 0 saturated heterocycles. The lowest BCUT2D eigenvalue weighted by Gasteiger charge is -1.93. The van der Waals surface area contributed by atoms with E-state index in [1.807, 2.05) is 13.8 Å². The minimum absolute atomic E-state index is 0.242. The maximum absolute atomic E-state index is 10.00. The van der Waals surface area contributed by atoms with Crippen LogP contribution in [0, 0.1) is 12.3 Å². The Hall–Kier alpha value is -0.460. The number of hydrogen-bond acceptors (Lipinski definition) is 1. The second-order valence-corrected chi connectivity index (χ2v) is 2.10. The van der Waals surface area contributed by atoms with Gasteiger partial charge in [0.25, 0.3) is 0 Å². The van der Waals surface area contributed by atoms with Crippen molar-refractivity contribution < 1.29 is 4.79 Å². The van der Waals surface area contributed by atoms with Gasteiger partial charge in [0.05, 0.1) is 19.8 Å². The molecule has 46 valence electrons. The van der Waals surface area contributed by atoms with Crippen LogP contribution in [0.4, 0.5) is 0 Å². The van der Waals surface area contributed by atoms with Gasteiger partial charge < -0.3 is 4.79 Å². The van der Waals surface area contributed by atoms with Gasteiger partial charge in [-0.2, -0.15) is 0 Å². The predicted octanol–water partition coefficient (Wildman–Crippen LogP) is 1.83. The fraction of sp³-hybridized carbons (Fsp3) is 0.714. The number of aldehydes is 1. The lowest BCUT2D eigenvalue weighted by Crippen LogP contribution is -1.93. The number of carbonyl (C=O) groups is 1. The molecule has 0 aromatic carbocycles. The van der Waals surface area contributed by atoms with Gasteiger partial charge >= 0.3 is 0 Å². The highest BCUT2D eigenvalue weighted by molar-refractivity contribution is 5.52. The molecule has 0 aliphatic heterocycles. The van der Waals surface area contributed by atoms with E-state index in [1.54, 1.807) is 0 Å². The molecule has 1 atom stereocenters. The van der Waals surface area contributed by atoms with Crippen molar-refractivity contribution in [2.24, 2.45) is 5.92 Å². The number of hydrogen-bond donors (Lipinski definition) is 0. The molecule has 0 spiro atoms. The van der Waals surface area contributed by atoms with E-state index in [-0.39, 0.29) is 5.92 Å². The Labute approximate surface area is 51.1 Å². The van der Waals surface area contributed by atoms with E-state index in [9.17, 15) is 4.79 Å². The summed E-state index contributed by atoms with van der Waals surface area (Å²) in [5.41, 5.74) is 0. The monoisotopic (exact) mass is 113 g/mol. The second kappa shape index (κ2) is 4.69. The van der Waals surface area contributed by atoms with Crippen LogP contribution in [-0.4, -0.2) is 6.29 Å². The summed E-state index contributed by atoms with van der Waals surface area (Å²) in [5.74, 6) is 0.242. The molecule has 0 bridgehead atoms. The molecule has 8 heavy (non-hydrogen) atoms. The molecule has 0 saturated carbocycles. The van der Waals surface area contributed by atoms with Crippen molar-refractivity contribution in [1.82, 2.24) is 0 Å². The van der Waals surface area contributed by atoms with Crippen molar-refractivity contribution in [2.45, 2.75) is 26.7 Å². The van der Waals surface area contributed by atoms with Crippen LogP contribution in [0.5, 0.6) is 0 Å². The van der Waals surface area contributed by atoms with Crippen LogP contribution >= 0.6 is 0 Å². The van der Waals surface area contributed by atoms with E-state index < -0.39 is 0 Å². The molecular weight excluding hydrogens is 100 g/mol. The summed E-state index contributed by atoms with van der Waals surface area (Å²) in [5, 5.41) is 0. The van der Waals surface area contributed by atoms with Crippen LogP contribution in [0.25, 0.3) is 0 Å².